The summed E-state index contributed by atoms with van der Waals surface area (Å²) in [5.41, 5.74) is 1.44. The third-order valence-electron chi connectivity index (χ3n) is 3.52. The molecule has 1 aliphatic rings. The number of anilines is 1. The zero-order valence-electron chi connectivity index (χ0n) is 11.2. The van der Waals surface area contributed by atoms with E-state index in [1.165, 1.54) is 17.8 Å². The normalized spacial score (nSPS) is 21.6. The molecule has 1 heterocycles. The third-order valence-corrected chi connectivity index (χ3v) is 13.5. The van der Waals surface area contributed by atoms with Gasteiger partial charge in [-0.2, -0.15) is 18.2 Å². The minimum Gasteiger partial charge on any atom is -0.445 e. The summed E-state index contributed by atoms with van der Waals surface area (Å²) >= 11 is 0. The predicted octanol–water partition coefficient (Wildman–Crippen LogP) is 0.721. The molecule has 1 saturated heterocycles. The van der Waals surface area contributed by atoms with E-state index in [1.807, 2.05) is 12.1 Å². The van der Waals surface area contributed by atoms with Crippen LogP contribution in [0.25, 0.3) is 0 Å². The van der Waals surface area contributed by atoms with Crippen LogP contribution in [0.4, 0.5) is 5.69 Å². The molecule has 0 aromatic heterocycles. The summed E-state index contributed by atoms with van der Waals surface area (Å²) in [5.74, 6) is 0. The Kier molecular flexibility index (Phi) is 4.18. The minimum absolute atomic E-state index is 0. The van der Waals surface area contributed by atoms with Crippen LogP contribution in [0.5, 0.6) is 0 Å². The standard InChI is InChI=1S/C12H20NSi2.Li/c1-14(2)10-11-15(3,4)13(14)12-8-6-5-7-9-12;/h6-9H,10-11H2,1-4H3;/q-1;+1. The van der Waals surface area contributed by atoms with Gasteiger partial charge in [0.2, 0.25) is 0 Å². The van der Waals surface area contributed by atoms with E-state index >= 15 is 0 Å². The molecule has 82 valence electrons. The van der Waals surface area contributed by atoms with Gasteiger partial charge in [0.15, 0.2) is 0 Å². The Morgan fingerprint density at radius 1 is 1.00 bits per heavy atom. The second-order valence-corrected chi connectivity index (χ2v) is 15.3. The van der Waals surface area contributed by atoms with Crippen molar-refractivity contribution in [2.75, 3.05) is 4.23 Å². The SMILES string of the molecule is C[Si]1(C)CC[Si](C)(C)N1c1cc[c-]cc1.[Li+]. The predicted molar refractivity (Wildman–Crippen MR) is 72.3 cm³/mol. The fourth-order valence-electron chi connectivity index (χ4n) is 2.88. The van der Waals surface area contributed by atoms with Crippen LogP contribution in [0.2, 0.25) is 38.3 Å². The molecule has 0 radical (unpaired) electrons. The molecular formula is C12H20LiNSi2. The number of benzene rings is 1. The van der Waals surface area contributed by atoms with Crippen molar-refractivity contribution in [1.82, 2.24) is 0 Å². The van der Waals surface area contributed by atoms with Crippen LogP contribution in [-0.4, -0.2) is 16.5 Å². The van der Waals surface area contributed by atoms with Crippen LogP contribution in [-0.2, 0) is 0 Å². The largest absolute Gasteiger partial charge is 1.00 e. The maximum Gasteiger partial charge on any atom is 1.00 e. The monoisotopic (exact) mass is 241 g/mol. The van der Waals surface area contributed by atoms with Gasteiger partial charge in [-0.1, -0.05) is 31.9 Å². The van der Waals surface area contributed by atoms with Crippen molar-refractivity contribution >= 4 is 22.2 Å². The van der Waals surface area contributed by atoms with E-state index < -0.39 is 16.5 Å². The van der Waals surface area contributed by atoms with Crippen LogP contribution >= 0.6 is 0 Å². The van der Waals surface area contributed by atoms with Gasteiger partial charge < -0.3 is 4.23 Å². The summed E-state index contributed by atoms with van der Waals surface area (Å²) in [7, 11) is -2.33. The van der Waals surface area contributed by atoms with E-state index in [4.69, 9.17) is 0 Å². The van der Waals surface area contributed by atoms with Gasteiger partial charge in [-0.05, 0) is 12.1 Å². The molecule has 0 spiro atoms. The average molecular weight is 241 g/mol. The first-order valence-corrected chi connectivity index (χ1v) is 12.0. The van der Waals surface area contributed by atoms with Gasteiger partial charge >= 0.3 is 18.9 Å². The first-order chi connectivity index (χ1) is 6.93. The van der Waals surface area contributed by atoms with Crippen molar-refractivity contribution in [3.63, 3.8) is 0 Å². The Morgan fingerprint density at radius 2 is 1.44 bits per heavy atom. The number of nitrogens with zero attached hydrogens (tertiary/aromatic N) is 1. The van der Waals surface area contributed by atoms with Crippen molar-refractivity contribution in [1.29, 1.82) is 0 Å². The molecule has 1 aromatic carbocycles. The molecule has 4 heteroatoms. The number of hydrogen-bond donors (Lipinski definition) is 0. The first-order valence-electron chi connectivity index (χ1n) is 5.70. The summed E-state index contributed by atoms with van der Waals surface area (Å²) in [6.07, 6.45) is 0. The van der Waals surface area contributed by atoms with Gasteiger partial charge in [0.1, 0.15) is 16.5 Å². The second-order valence-electron chi connectivity index (χ2n) is 5.72. The van der Waals surface area contributed by atoms with Crippen LogP contribution in [0.15, 0.2) is 24.3 Å². The van der Waals surface area contributed by atoms with Crippen LogP contribution in [0.1, 0.15) is 0 Å². The fraction of sp³-hybridized carbons (Fsp3) is 0.500. The molecule has 16 heavy (non-hydrogen) atoms. The molecule has 0 bridgehead atoms. The fourth-order valence-corrected chi connectivity index (χ4v) is 17.1. The summed E-state index contributed by atoms with van der Waals surface area (Å²) < 4.78 is 2.83. The van der Waals surface area contributed by atoms with Gasteiger partial charge in [-0.15, -0.1) is 12.1 Å². The average Bonchev–Trinajstić information content (AvgIpc) is 2.37. The molecule has 0 N–H and O–H groups in total. The molecule has 0 atom stereocenters. The van der Waals surface area contributed by atoms with Gasteiger partial charge in [0.05, 0.1) is 0 Å². The van der Waals surface area contributed by atoms with Gasteiger partial charge in [-0.3, -0.25) is 0 Å². The molecule has 0 amide bonds. The Balaban J connectivity index is 0.00000128. The molecule has 0 saturated carbocycles. The quantitative estimate of drug-likeness (QED) is 0.517. The summed E-state index contributed by atoms with van der Waals surface area (Å²) in [4.78, 5) is 0. The van der Waals surface area contributed by atoms with Gasteiger partial charge in [0.25, 0.3) is 0 Å². The van der Waals surface area contributed by atoms with Gasteiger partial charge in [0, 0.05) is 0 Å². The van der Waals surface area contributed by atoms with E-state index in [9.17, 15) is 0 Å². The summed E-state index contributed by atoms with van der Waals surface area (Å²) in [5, 5.41) is 0. The van der Waals surface area contributed by atoms with Crippen LogP contribution < -0.4 is 23.1 Å². The first kappa shape index (κ1) is 14.1. The topological polar surface area (TPSA) is 3.24 Å². The Morgan fingerprint density at radius 3 is 1.88 bits per heavy atom. The van der Waals surface area contributed by atoms with Crippen molar-refractivity contribution in [3.8, 4) is 0 Å². The van der Waals surface area contributed by atoms with E-state index in [-0.39, 0.29) is 18.9 Å². The van der Waals surface area contributed by atoms with Crippen molar-refractivity contribution < 1.29 is 18.9 Å². The molecule has 0 unspecified atom stereocenters. The molecular weight excluding hydrogens is 221 g/mol. The Hall–Kier alpha value is 0.0512. The Bertz CT molecular complexity index is 335. The van der Waals surface area contributed by atoms with E-state index in [0.29, 0.717) is 0 Å². The van der Waals surface area contributed by atoms with Crippen molar-refractivity contribution in [2.45, 2.75) is 38.3 Å². The zero-order chi connectivity index (χ0) is 11.1. The molecule has 1 fully saturated rings. The smallest absolute Gasteiger partial charge is 0.445 e. The maximum absolute atomic E-state index is 3.12. The molecule has 1 aromatic rings. The van der Waals surface area contributed by atoms with Crippen molar-refractivity contribution in [2.24, 2.45) is 0 Å². The van der Waals surface area contributed by atoms with Crippen LogP contribution in [0.3, 0.4) is 0 Å². The molecule has 1 nitrogen and oxygen atoms in total. The minimum atomic E-state index is -1.16. The summed E-state index contributed by atoms with van der Waals surface area (Å²) in [6, 6.07) is 14.6. The van der Waals surface area contributed by atoms with E-state index in [0.717, 1.165) is 0 Å². The van der Waals surface area contributed by atoms with E-state index in [1.54, 1.807) is 0 Å². The Labute approximate surface area is 114 Å². The third kappa shape index (κ3) is 2.48. The maximum atomic E-state index is 3.12. The number of rotatable bonds is 1. The van der Waals surface area contributed by atoms with E-state index in [2.05, 4.69) is 48.6 Å². The summed E-state index contributed by atoms with van der Waals surface area (Å²) in [6.45, 7) is 10.0. The van der Waals surface area contributed by atoms with Crippen LogP contribution in [0, 0.1) is 6.07 Å². The zero-order valence-corrected chi connectivity index (χ0v) is 13.2. The van der Waals surface area contributed by atoms with Gasteiger partial charge in [-0.25, -0.2) is 0 Å². The second kappa shape index (κ2) is 4.74. The molecule has 2 rings (SSSR count). The molecule has 0 aliphatic carbocycles. The molecule has 1 aliphatic heterocycles. The number of hydrogen-bond acceptors (Lipinski definition) is 1. The van der Waals surface area contributed by atoms with Crippen molar-refractivity contribution in [3.05, 3.63) is 30.3 Å².